The number of guanidine groups is 1. The van der Waals surface area contributed by atoms with Crippen LogP contribution in [0.1, 0.15) is 15.9 Å². The number of carbonyl (C=O) groups is 1. The molecule has 0 unspecified atom stereocenters. The average molecular weight is 469 g/mol. The van der Waals surface area contributed by atoms with Crippen LogP contribution in [-0.2, 0) is 6.54 Å². The van der Waals surface area contributed by atoms with E-state index < -0.39 is 0 Å². The molecule has 2 rings (SSSR count). The van der Waals surface area contributed by atoms with Crippen molar-refractivity contribution in [2.75, 3.05) is 27.2 Å². The van der Waals surface area contributed by atoms with E-state index in [0.29, 0.717) is 31.2 Å². The zero-order valence-corrected chi connectivity index (χ0v) is 17.2. The van der Waals surface area contributed by atoms with Gasteiger partial charge >= 0.3 is 0 Å². The summed E-state index contributed by atoms with van der Waals surface area (Å²) in [5.41, 5.74) is 1.63. The summed E-state index contributed by atoms with van der Waals surface area (Å²) in [7, 11) is 3.35. The van der Waals surface area contributed by atoms with E-state index in [0.717, 1.165) is 11.3 Å². The highest BCUT2D eigenvalue weighted by atomic mass is 127. The number of amides is 1. The number of benzene rings is 1. The van der Waals surface area contributed by atoms with Gasteiger partial charge in [-0.2, -0.15) is 0 Å². The first kappa shape index (κ1) is 21.7. The van der Waals surface area contributed by atoms with Gasteiger partial charge in [-0.25, -0.2) is 0 Å². The maximum Gasteiger partial charge on any atom is 0.252 e. The lowest BCUT2D eigenvalue weighted by Crippen LogP contribution is -2.41. The Bertz CT molecular complexity index is 710. The number of methoxy groups -OCH3 is 1. The average Bonchev–Trinajstić information content (AvgIpc) is 2.68. The van der Waals surface area contributed by atoms with Gasteiger partial charge in [0.2, 0.25) is 0 Å². The molecule has 1 aromatic carbocycles. The third kappa shape index (κ3) is 7.26. The molecule has 0 saturated heterocycles. The van der Waals surface area contributed by atoms with Gasteiger partial charge in [0.15, 0.2) is 5.96 Å². The molecule has 3 N–H and O–H groups in total. The van der Waals surface area contributed by atoms with E-state index in [2.05, 4.69) is 25.9 Å². The molecule has 0 bridgehead atoms. The molecular formula is C18H24IN5O2. The summed E-state index contributed by atoms with van der Waals surface area (Å²) in [6, 6.07) is 11.3. The van der Waals surface area contributed by atoms with Crippen molar-refractivity contribution in [2.45, 2.75) is 6.54 Å². The van der Waals surface area contributed by atoms with Gasteiger partial charge in [-0.1, -0.05) is 12.1 Å². The predicted molar refractivity (Wildman–Crippen MR) is 113 cm³/mol. The van der Waals surface area contributed by atoms with E-state index >= 15 is 0 Å². The summed E-state index contributed by atoms with van der Waals surface area (Å²) in [5, 5.41) is 9.20. The van der Waals surface area contributed by atoms with E-state index in [1.165, 1.54) is 6.20 Å². The number of halogens is 1. The number of nitrogens with zero attached hydrogens (tertiary/aromatic N) is 2. The number of aromatic nitrogens is 1. The molecule has 26 heavy (non-hydrogen) atoms. The van der Waals surface area contributed by atoms with Gasteiger partial charge in [-0.15, -0.1) is 24.0 Å². The Balaban J connectivity index is 0.00000338. The maximum absolute atomic E-state index is 11.9. The molecule has 0 aliphatic carbocycles. The normalized spacial score (nSPS) is 10.5. The van der Waals surface area contributed by atoms with Crippen LogP contribution in [-0.4, -0.2) is 44.1 Å². The zero-order valence-electron chi connectivity index (χ0n) is 14.9. The van der Waals surface area contributed by atoms with Crippen LogP contribution >= 0.6 is 24.0 Å². The van der Waals surface area contributed by atoms with Gasteiger partial charge in [0.1, 0.15) is 5.75 Å². The summed E-state index contributed by atoms with van der Waals surface area (Å²) in [6.07, 6.45) is 3.17. The monoisotopic (exact) mass is 469 g/mol. The number of hydrogen-bond acceptors (Lipinski definition) is 4. The van der Waals surface area contributed by atoms with Crippen LogP contribution < -0.4 is 20.7 Å². The number of pyridine rings is 1. The third-order valence-corrected chi connectivity index (χ3v) is 3.44. The second kappa shape index (κ2) is 12.1. The van der Waals surface area contributed by atoms with Crippen molar-refractivity contribution in [3.63, 3.8) is 0 Å². The number of carbonyl (C=O) groups excluding carboxylic acids is 1. The highest BCUT2D eigenvalue weighted by Gasteiger charge is 2.04. The Morgan fingerprint density at radius 2 is 1.96 bits per heavy atom. The van der Waals surface area contributed by atoms with Gasteiger partial charge in [0, 0.05) is 39.1 Å². The van der Waals surface area contributed by atoms with E-state index in [9.17, 15) is 4.79 Å². The van der Waals surface area contributed by atoms with Crippen LogP contribution in [0.4, 0.5) is 0 Å². The number of nitrogens with one attached hydrogen (secondary N) is 3. The molecule has 1 amide bonds. The van der Waals surface area contributed by atoms with E-state index in [1.807, 2.05) is 24.3 Å². The fourth-order valence-corrected chi connectivity index (χ4v) is 2.14. The molecule has 8 heteroatoms. The first-order valence-corrected chi connectivity index (χ1v) is 7.98. The van der Waals surface area contributed by atoms with E-state index in [4.69, 9.17) is 4.74 Å². The number of rotatable bonds is 7. The quantitative estimate of drug-likeness (QED) is 0.249. The van der Waals surface area contributed by atoms with Gasteiger partial charge in [-0.3, -0.25) is 14.8 Å². The lowest BCUT2D eigenvalue weighted by molar-refractivity contribution is 0.0954. The number of aliphatic imine (C=N–C) groups is 1. The largest absolute Gasteiger partial charge is 0.497 e. The van der Waals surface area contributed by atoms with Crippen LogP contribution in [0.5, 0.6) is 5.75 Å². The molecule has 1 aromatic heterocycles. The van der Waals surface area contributed by atoms with Crippen LogP contribution in [0.2, 0.25) is 0 Å². The standard InChI is InChI=1S/C18H23N5O2.HI/c1-19-18(23-12-14-5-3-7-16(11-14)25-2)22-10-9-21-17(24)15-6-4-8-20-13-15;/h3-8,11,13H,9-10,12H2,1-2H3,(H,21,24)(H2,19,22,23);1H. The number of hydrogen-bond donors (Lipinski definition) is 3. The Kier molecular flexibility index (Phi) is 10.1. The lowest BCUT2D eigenvalue weighted by Gasteiger charge is -2.13. The highest BCUT2D eigenvalue weighted by Crippen LogP contribution is 2.11. The summed E-state index contributed by atoms with van der Waals surface area (Å²) in [5.74, 6) is 1.34. The van der Waals surface area contributed by atoms with E-state index in [-0.39, 0.29) is 29.9 Å². The van der Waals surface area contributed by atoms with Crippen molar-refractivity contribution < 1.29 is 9.53 Å². The van der Waals surface area contributed by atoms with Crippen molar-refractivity contribution in [2.24, 2.45) is 4.99 Å². The molecule has 0 saturated carbocycles. The topological polar surface area (TPSA) is 87.6 Å². The highest BCUT2D eigenvalue weighted by molar-refractivity contribution is 14.0. The molecule has 0 spiro atoms. The molecule has 0 radical (unpaired) electrons. The van der Waals surface area contributed by atoms with Crippen molar-refractivity contribution >= 4 is 35.8 Å². The zero-order chi connectivity index (χ0) is 17.9. The molecule has 7 nitrogen and oxygen atoms in total. The first-order chi connectivity index (χ1) is 12.2. The maximum atomic E-state index is 11.9. The minimum absolute atomic E-state index is 0. The third-order valence-electron chi connectivity index (χ3n) is 3.44. The molecule has 140 valence electrons. The smallest absolute Gasteiger partial charge is 0.252 e. The minimum atomic E-state index is -0.144. The van der Waals surface area contributed by atoms with Gasteiger partial charge in [-0.05, 0) is 29.8 Å². The van der Waals surface area contributed by atoms with Gasteiger partial charge in [0.25, 0.3) is 5.91 Å². The van der Waals surface area contributed by atoms with Gasteiger partial charge in [0.05, 0.1) is 12.7 Å². The van der Waals surface area contributed by atoms with Crippen molar-refractivity contribution in [3.05, 3.63) is 59.9 Å². The van der Waals surface area contributed by atoms with E-state index in [1.54, 1.807) is 32.5 Å². The Hall–Kier alpha value is -2.36. The molecule has 0 atom stereocenters. The molecule has 0 aliphatic heterocycles. The molecule has 0 aliphatic rings. The van der Waals surface area contributed by atoms with Crippen molar-refractivity contribution in [3.8, 4) is 5.75 Å². The fourth-order valence-electron chi connectivity index (χ4n) is 2.14. The van der Waals surface area contributed by atoms with Crippen molar-refractivity contribution in [1.29, 1.82) is 0 Å². The summed E-state index contributed by atoms with van der Waals surface area (Å²) in [4.78, 5) is 20.0. The SMILES string of the molecule is CN=C(NCCNC(=O)c1cccnc1)NCc1cccc(OC)c1.I. The fraction of sp³-hybridized carbons (Fsp3) is 0.278. The lowest BCUT2D eigenvalue weighted by atomic mass is 10.2. The second-order valence-corrected chi connectivity index (χ2v) is 5.20. The Morgan fingerprint density at radius 1 is 1.15 bits per heavy atom. The molecular weight excluding hydrogens is 445 g/mol. The predicted octanol–water partition coefficient (Wildman–Crippen LogP) is 1.80. The minimum Gasteiger partial charge on any atom is -0.497 e. The second-order valence-electron chi connectivity index (χ2n) is 5.20. The molecule has 1 heterocycles. The van der Waals surface area contributed by atoms with Crippen molar-refractivity contribution in [1.82, 2.24) is 20.9 Å². The molecule has 2 aromatic rings. The van der Waals surface area contributed by atoms with Crippen LogP contribution in [0.3, 0.4) is 0 Å². The Morgan fingerprint density at radius 3 is 2.65 bits per heavy atom. The van der Waals surface area contributed by atoms with Crippen LogP contribution in [0.15, 0.2) is 53.8 Å². The summed E-state index contributed by atoms with van der Waals surface area (Å²) < 4.78 is 5.21. The summed E-state index contributed by atoms with van der Waals surface area (Å²) >= 11 is 0. The summed E-state index contributed by atoms with van der Waals surface area (Å²) in [6.45, 7) is 1.66. The first-order valence-electron chi connectivity index (χ1n) is 7.98. The Labute approximate surface area is 170 Å². The van der Waals surface area contributed by atoms with Crippen LogP contribution in [0, 0.1) is 0 Å². The number of ether oxygens (including phenoxy) is 1. The molecule has 0 fully saturated rings. The van der Waals surface area contributed by atoms with Gasteiger partial charge < -0.3 is 20.7 Å². The van der Waals surface area contributed by atoms with Crippen LogP contribution in [0.25, 0.3) is 0 Å².